The third kappa shape index (κ3) is 2.46. The molecule has 4 heteroatoms. The van der Waals surface area contributed by atoms with Gasteiger partial charge in [0.1, 0.15) is 13.2 Å². The Morgan fingerprint density at radius 3 is 2.62 bits per heavy atom. The summed E-state index contributed by atoms with van der Waals surface area (Å²) >= 11 is 0. The summed E-state index contributed by atoms with van der Waals surface area (Å²) in [4.78, 5) is 0. The van der Waals surface area contributed by atoms with E-state index in [4.69, 9.17) is 14.6 Å². The number of benzene rings is 1. The van der Waals surface area contributed by atoms with Crippen LogP contribution in [0.1, 0.15) is 11.1 Å². The van der Waals surface area contributed by atoms with Crippen LogP contribution in [0, 0.1) is 6.92 Å². The van der Waals surface area contributed by atoms with Gasteiger partial charge in [-0.2, -0.15) is 0 Å². The summed E-state index contributed by atoms with van der Waals surface area (Å²) in [5.74, 6) is 1.67. The van der Waals surface area contributed by atoms with Gasteiger partial charge in [0, 0.05) is 6.54 Å². The van der Waals surface area contributed by atoms with Gasteiger partial charge in [0.05, 0.1) is 6.73 Å². The number of aryl methyl sites for hydroxylation is 1. The van der Waals surface area contributed by atoms with E-state index in [0.29, 0.717) is 13.2 Å². The summed E-state index contributed by atoms with van der Waals surface area (Å²) in [5.41, 5.74) is 2.43. The van der Waals surface area contributed by atoms with E-state index in [1.807, 2.05) is 12.1 Å². The van der Waals surface area contributed by atoms with Crippen LogP contribution >= 0.6 is 0 Å². The second-order valence-electron chi connectivity index (χ2n) is 3.83. The second kappa shape index (κ2) is 5.18. The molecule has 16 heavy (non-hydrogen) atoms. The maximum Gasteiger partial charge on any atom is 0.161 e. The molecule has 0 bridgehead atoms. The smallest absolute Gasteiger partial charge is 0.161 e. The van der Waals surface area contributed by atoms with E-state index in [0.717, 1.165) is 24.5 Å². The van der Waals surface area contributed by atoms with Gasteiger partial charge in [-0.25, -0.2) is 0 Å². The summed E-state index contributed by atoms with van der Waals surface area (Å²) in [7, 11) is 0. The van der Waals surface area contributed by atoms with E-state index < -0.39 is 0 Å². The molecule has 2 rings (SSSR count). The van der Waals surface area contributed by atoms with Gasteiger partial charge < -0.3 is 14.6 Å². The molecule has 1 aliphatic rings. The Kier molecular flexibility index (Phi) is 3.64. The number of aliphatic hydroxyl groups excluding tert-OH is 1. The van der Waals surface area contributed by atoms with Gasteiger partial charge in [-0.1, -0.05) is 0 Å². The quantitative estimate of drug-likeness (QED) is 0.587. The molecule has 4 nitrogen and oxygen atoms in total. The van der Waals surface area contributed by atoms with Crippen molar-refractivity contribution in [2.75, 3.05) is 26.5 Å². The van der Waals surface area contributed by atoms with Gasteiger partial charge in [-0.3, -0.25) is 5.32 Å². The Bertz CT molecular complexity index is 366. The van der Waals surface area contributed by atoms with Crippen molar-refractivity contribution in [2.45, 2.75) is 13.3 Å². The normalized spacial score (nSPS) is 13.9. The van der Waals surface area contributed by atoms with Crippen molar-refractivity contribution in [3.8, 4) is 11.5 Å². The first-order chi connectivity index (χ1) is 7.81. The standard InChI is InChI=1S/C12H17NO3/c1-9-6-11-12(16-5-4-15-11)7-10(9)2-3-13-8-14/h6-7,13-14H,2-5,8H2,1H3. The first-order valence-corrected chi connectivity index (χ1v) is 5.52. The van der Waals surface area contributed by atoms with Crippen LogP contribution in [-0.2, 0) is 6.42 Å². The van der Waals surface area contributed by atoms with E-state index in [2.05, 4.69) is 12.2 Å². The third-order valence-electron chi connectivity index (χ3n) is 2.68. The van der Waals surface area contributed by atoms with Crippen LogP contribution in [-0.4, -0.2) is 31.6 Å². The van der Waals surface area contributed by atoms with Gasteiger partial charge in [-0.15, -0.1) is 0 Å². The molecule has 0 amide bonds. The molecule has 0 radical (unpaired) electrons. The molecule has 0 spiro atoms. The van der Waals surface area contributed by atoms with Crippen molar-refractivity contribution in [1.82, 2.24) is 5.32 Å². The summed E-state index contributed by atoms with van der Waals surface area (Å²) in [6.45, 7) is 4.08. The fraction of sp³-hybridized carbons (Fsp3) is 0.500. The lowest BCUT2D eigenvalue weighted by atomic mass is 10.0. The van der Waals surface area contributed by atoms with Gasteiger partial charge in [-0.05, 0) is 36.6 Å². The largest absolute Gasteiger partial charge is 0.486 e. The van der Waals surface area contributed by atoms with E-state index in [1.54, 1.807) is 0 Å². The lowest BCUT2D eigenvalue weighted by Crippen LogP contribution is -2.19. The highest BCUT2D eigenvalue weighted by atomic mass is 16.6. The Hall–Kier alpha value is -1.26. The molecule has 1 aliphatic heterocycles. The van der Waals surface area contributed by atoms with Crippen LogP contribution in [0.2, 0.25) is 0 Å². The molecule has 2 N–H and O–H groups in total. The number of ether oxygens (including phenoxy) is 2. The van der Waals surface area contributed by atoms with Crippen molar-refractivity contribution in [1.29, 1.82) is 0 Å². The van der Waals surface area contributed by atoms with Gasteiger partial charge >= 0.3 is 0 Å². The zero-order chi connectivity index (χ0) is 11.4. The molecular formula is C12H17NO3. The maximum absolute atomic E-state index is 8.65. The molecule has 0 saturated heterocycles. The third-order valence-corrected chi connectivity index (χ3v) is 2.68. The van der Waals surface area contributed by atoms with E-state index in [-0.39, 0.29) is 6.73 Å². The summed E-state index contributed by atoms with van der Waals surface area (Å²) in [6.07, 6.45) is 0.878. The zero-order valence-electron chi connectivity index (χ0n) is 9.45. The predicted molar refractivity (Wildman–Crippen MR) is 61.0 cm³/mol. The molecule has 1 aromatic carbocycles. The number of fused-ring (bicyclic) bond motifs is 1. The number of aliphatic hydroxyl groups is 1. The molecule has 0 unspecified atom stereocenters. The molecule has 1 aromatic rings. The summed E-state index contributed by atoms with van der Waals surface area (Å²) < 4.78 is 11.0. The molecule has 88 valence electrons. The number of hydrogen-bond donors (Lipinski definition) is 2. The molecule has 0 fully saturated rings. The Labute approximate surface area is 95.2 Å². The molecule has 0 saturated carbocycles. The molecular weight excluding hydrogens is 206 g/mol. The van der Waals surface area contributed by atoms with Crippen LogP contribution in [0.25, 0.3) is 0 Å². The van der Waals surface area contributed by atoms with Gasteiger partial charge in [0.25, 0.3) is 0 Å². The number of rotatable bonds is 4. The fourth-order valence-electron chi connectivity index (χ4n) is 1.80. The van der Waals surface area contributed by atoms with E-state index in [9.17, 15) is 0 Å². The SMILES string of the molecule is Cc1cc2c(cc1CCNCO)OCCO2. The minimum atomic E-state index is 0.0175. The van der Waals surface area contributed by atoms with Crippen molar-refractivity contribution < 1.29 is 14.6 Å². The van der Waals surface area contributed by atoms with Crippen molar-refractivity contribution >= 4 is 0 Å². The maximum atomic E-state index is 8.65. The van der Waals surface area contributed by atoms with E-state index >= 15 is 0 Å². The molecule has 0 aromatic heterocycles. The van der Waals surface area contributed by atoms with E-state index in [1.165, 1.54) is 11.1 Å². The van der Waals surface area contributed by atoms with Crippen LogP contribution in [0.5, 0.6) is 11.5 Å². The molecule has 0 aliphatic carbocycles. The first kappa shape index (κ1) is 11.2. The summed E-state index contributed by atoms with van der Waals surface area (Å²) in [6, 6.07) is 4.05. The Balaban J connectivity index is 2.12. The summed E-state index contributed by atoms with van der Waals surface area (Å²) in [5, 5.41) is 11.5. The minimum Gasteiger partial charge on any atom is -0.486 e. The van der Waals surface area contributed by atoms with Gasteiger partial charge in [0.2, 0.25) is 0 Å². The average molecular weight is 223 g/mol. The molecule has 0 atom stereocenters. The van der Waals surface area contributed by atoms with Crippen molar-refractivity contribution in [3.05, 3.63) is 23.3 Å². The van der Waals surface area contributed by atoms with Crippen molar-refractivity contribution in [2.24, 2.45) is 0 Å². The lowest BCUT2D eigenvalue weighted by molar-refractivity contribution is 0.171. The second-order valence-corrected chi connectivity index (χ2v) is 3.83. The highest BCUT2D eigenvalue weighted by Crippen LogP contribution is 2.32. The highest BCUT2D eigenvalue weighted by Gasteiger charge is 2.13. The topological polar surface area (TPSA) is 50.7 Å². The number of nitrogens with one attached hydrogen (secondary N) is 1. The van der Waals surface area contributed by atoms with Crippen molar-refractivity contribution in [3.63, 3.8) is 0 Å². The fourth-order valence-corrected chi connectivity index (χ4v) is 1.80. The minimum absolute atomic E-state index is 0.0175. The van der Waals surface area contributed by atoms with Crippen LogP contribution < -0.4 is 14.8 Å². The zero-order valence-corrected chi connectivity index (χ0v) is 9.45. The first-order valence-electron chi connectivity index (χ1n) is 5.52. The molecule has 1 heterocycles. The average Bonchev–Trinajstić information content (AvgIpc) is 2.30. The highest BCUT2D eigenvalue weighted by molar-refractivity contribution is 5.47. The predicted octanol–water partition coefficient (Wildman–Crippen LogP) is 0.848. The number of hydrogen-bond acceptors (Lipinski definition) is 4. The van der Waals surface area contributed by atoms with Gasteiger partial charge in [0.15, 0.2) is 11.5 Å². The Morgan fingerprint density at radius 2 is 1.94 bits per heavy atom. The van der Waals surface area contributed by atoms with Crippen LogP contribution in [0.4, 0.5) is 0 Å². The van der Waals surface area contributed by atoms with Crippen LogP contribution in [0.3, 0.4) is 0 Å². The van der Waals surface area contributed by atoms with Crippen LogP contribution in [0.15, 0.2) is 12.1 Å². The lowest BCUT2D eigenvalue weighted by Gasteiger charge is -2.20. The monoisotopic (exact) mass is 223 g/mol. The Morgan fingerprint density at radius 1 is 1.25 bits per heavy atom.